The summed E-state index contributed by atoms with van der Waals surface area (Å²) in [7, 11) is 0. The third-order valence-corrected chi connectivity index (χ3v) is 4.40. The molecule has 0 spiro atoms. The lowest BCUT2D eigenvalue weighted by molar-refractivity contribution is -0.122. The van der Waals surface area contributed by atoms with Gasteiger partial charge in [-0.2, -0.15) is 0 Å². The minimum atomic E-state index is -0.119. The SMILES string of the molecule is CCNC(=O)COc1cccc(CN=C(NCC)NCCN(C(C)C)C(C)C)c1.I. The van der Waals surface area contributed by atoms with Crippen molar-refractivity contribution in [2.45, 2.75) is 60.2 Å². The zero-order chi connectivity index (χ0) is 21.6. The van der Waals surface area contributed by atoms with E-state index in [1.54, 1.807) is 0 Å². The van der Waals surface area contributed by atoms with E-state index in [0.29, 0.717) is 30.9 Å². The lowest BCUT2D eigenvalue weighted by atomic mass is 10.2. The van der Waals surface area contributed by atoms with E-state index in [1.165, 1.54) is 0 Å². The molecule has 0 aliphatic heterocycles. The Bertz CT molecular complexity index is 630. The van der Waals surface area contributed by atoms with Gasteiger partial charge in [0.05, 0.1) is 6.54 Å². The maximum absolute atomic E-state index is 11.5. The number of halogens is 1. The van der Waals surface area contributed by atoms with Crippen molar-refractivity contribution in [1.29, 1.82) is 0 Å². The molecule has 1 aromatic carbocycles. The first-order chi connectivity index (χ1) is 13.9. The number of hydrogen-bond acceptors (Lipinski definition) is 4. The fourth-order valence-electron chi connectivity index (χ4n) is 3.06. The molecule has 7 nitrogen and oxygen atoms in total. The number of guanidine groups is 1. The number of carbonyl (C=O) groups is 1. The summed E-state index contributed by atoms with van der Waals surface area (Å²) in [6.07, 6.45) is 0. The van der Waals surface area contributed by atoms with Crippen molar-refractivity contribution in [3.8, 4) is 5.75 Å². The van der Waals surface area contributed by atoms with E-state index in [2.05, 4.69) is 60.5 Å². The normalized spacial score (nSPS) is 11.4. The van der Waals surface area contributed by atoms with Crippen LogP contribution in [0.5, 0.6) is 5.75 Å². The Balaban J connectivity index is 0.00000841. The zero-order valence-corrected chi connectivity index (χ0v) is 21.7. The highest BCUT2D eigenvalue weighted by molar-refractivity contribution is 14.0. The number of nitrogens with zero attached hydrogens (tertiary/aromatic N) is 2. The fourth-order valence-corrected chi connectivity index (χ4v) is 3.06. The van der Waals surface area contributed by atoms with Crippen molar-refractivity contribution in [2.75, 3.05) is 32.8 Å². The average Bonchev–Trinajstić information content (AvgIpc) is 2.67. The van der Waals surface area contributed by atoms with Crippen LogP contribution in [0.25, 0.3) is 0 Å². The van der Waals surface area contributed by atoms with Gasteiger partial charge in [-0.3, -0.25) is 9.69 Å². The van der Waals surface area contributed by atoms with Gasteiger partial charge in [-0.1, -0.05) is 12.1 Å². The standard InChI is InChI=1S/C22H39N5O2.HI/c1-7-23-21(28)16-29-20-11-9-10-19(14-20)15-26-22(24-8-2)25-12-13-27(17(3)4)18(5)6;/h9-11,14,17-18H,7-8,12-13,15-16H2,1-6H3,(H,23,28)(H2,24,25,26);1H. The molecule has 1 rings (SSSR count). The summed E-state index contributed by atoms with van der Waals surface area (Å²) < 4.78 is 5.55. The molecule has 1 amide bonds. The number of amides is 1. The van der Waals surface area contributed by atoms with E-state index >= 15 is 0 Å². The molecule has 0 fully saturated rings. The van der Waals surface area contributed by atoms with Crippen molar-refractivity contribution in [3.63, 3.8) is 0 Å². The Kier molecular flexibility index (Phi) is 15.3. The second-order valence-electron chi connectivity index (χ2n) is 7.44. The predicted molar refractivity (Wildman–Crippen MR) is 136 cm³/mol. The largest absolute Gasteiger partial charge is 0.484 e. The lowest BCUT2D eigenvalue weighted by Gasteiger charge is -2.30. The number of carbonyl (C=O) groups excluding carboxylic acids is 1. The fraction of sp³-hybridized carbons (Fsp3) is 0.636. The maximum atomic E-state index is 11.5. The van der Waals surface area contributed by atoms with Crippen LogP contribution in [0.2, 0.25) is 0 Å². The number of likely N-dealkylation sites (N-methyl/N-ethyl adjacent to an activating group) is 1. The lowest BCUT2D eigenvalue weighted by Crippen LogP contribution is -2.45. The Hall–Kier alpha value is -1.55. The monoisotopic (exact) mass is 533 g/mol. The summed E-state index contributed by atoms with van der Waals surface area (Å²) in [6, 6.07) is 8.72. The average molecular weight is 533 g/mol. The van der Waals surface area contributed by atoms with Crippen LogP contribution >= 0.6 is 24.0 Å². The number of hydrogen-bond donors (Lipinski definition) is 3. The molecule has 0 saturated carbocycles. The van der Waals surface area contributed by atoms with E-state index in [9.17, 15) is 4.79 Å². The summed E-state index contributed by atoms with van der Waals surface area (Å²) in [6.45, 7) is 16.6. The summed E-state index contributed by atoms with van der Waals surface area (Å²) in [5, 5.41) is 9.42. The molecule has 0 aromatic heterocycles. The molecule has 0 aliphatic carbocycles. The highest BCUT2D eigenvalue weighted by atomic mass is 127. The van der Waals surface area contributed by atoms with E-state index in [0.717, 1.165) is 31.2 Å². The molecule has 3 N–H and O–H groups in total. The van der Waals surface area contributed by atoms with Crippen LogP contribution in [0.3, 0.4) is 0 Å². The second kappa shape index (κ2) is 16.2. The number of ether oxygens (including phenoxy) is 1. The van der Waals surface area contributed by atoms with E-state index in [1.807, 2.05) is 31.2 Å². The Morgan fingerprint density at radius 2 is 1.73 bits per heavy atom. The predicted octanol–water partition coefficient (Wildman–Crippen LogP) is 2.99. The van der Waals surface area contributed by atoms with Gasteiger partial charge in [0.1, 0.15) is 5.75 Å². The molecule has 0 bridgehead atoms. The summed E-state index contributed by atoms with van der Waals surface area (Å²) in [4.78, 5) is 18.7. The third-order valence-electron chi connectivity index (χ3n) is 4.40. The first kappa shape index (κ1) is 28.5. The quantitative estimate of drug-likeness (QED) is 0.219. The summed E-state index contributed by atoms with van der Waals surface area (Å²) in [5.74, 6) is 1.35. The Morgan fingerprint density at radius 1 is 1.07 bits per heavy atom. The molecule has 0 atom stereocenters. The molecule has 1 aromatic rings. The van der Waals surface area contributed by atoms with Crippen LogP contribution < -0.4 is 20.7 Å². The highest BCUT2D eigenvalue weighted by Gasteiger charge is 2.12. The summed E-state index contributed by atoms with van der Waals surface area (Å²) in [5.41, 5.74) is 1.03. The van der Waals surface area contributed by atoms with Crippen LogP contribution in [0, 0.1) is 0 Å². The van der Waals surface area contributed by atoms with Gasteiger partial charge >= 0.3 is 0 Å². The van der Waals surface area contributed by atoms with Crippen molar-refractivity contribution >= 4 is 35.8 Å². The van der Waals surface area contributed by atoms with E-state index < -0.39 is 0 Å². The number of nitrogens with one attached hydrogen (secondary N) is 3. The molecule has 8 heteroatoms. The van der Waals surface area contributed by atoms with E-state index in [-0.39, 0.29) is 36.5 Å². The first-order valence-corrected chi connectivity index (χ1v) is 10.6. The van der Waals surface area contributed by atoms with Crippen molar-refractivity contribution in [2.24, 2.45) is 4.99 Å². The Labute approximate surface area is 199 Å². The van der Waals surface area contributed by atoms with Crippen molar-refractivity contribution < 1.29 is 9.53 Å². The minimum absolute atomic E-state index is 0. The topological polar surface area (TPSA) is 78.0 Å². The Morgan fingerprint density at radius 3 is 2.33 bits per heavy atom. The van der Waals surface area contributed by atoms with Crippen LogP contribution in [0.15, 0.2) is 29.3 Å². The number of aliphatic imine (C=N–C) groups is 1. The minimum Gasteiger partial charge on any atom is -0.484 e. The van der Waals surface area contributed by atoms with Crippen LogP contribution in [0.1, 0.15) is 47.1 Å². The van der Waals surface area contributed by atoms with Gasteiger partial charge in [0.15, 0.2) is 12.6 Å². The van der Waals surface area contributed by atoms with Crippen LogP contribution in [0.4, 0.5) is 0 Å². The van der Waals surface area contributed by atoms with Crippen molar-refractivity contribution in [1.82, 2.24) is 20.9 Å². The molecule has 0 unspecified atom stereocenters. The van der Waals surface area contributed by atoms with Gasteiger partial charge in [0.25, 0.3) is 5.91 Å². The second-order valence-corrected chi connectivity index (χ2v) is 7.44. The molecule has 0 saturated heterocycles. The van der Waals surface area contributed by atoms with E-state index in [4.69, 9.17) is 4.74 Å². The molecular weight excluding hydrogens is 493 g/mol. The van der Waals surface area contributed by atoms with Crippen LogP contribution in [-0.4, -0.2) is 61.6 Å². The molecule has 0 aliphatic rings. The van der Waals surface area contributed by atoms with Gasteiger partial charge in [-0.05, 0) is 59.2 Å². The third kappa shape index (κ3) is 11.6. The molecule has 0 radical (unpaired) electrons. The number of rotatable bonds is 12. The summed E-state index contributed by atoms with van der Waals surface area (Å²) >= 11 is 0. The van der Waals surface area contributed by atoms with Gasteiger partial charge in [0, 0.05) is 38.3 Å². The highest BCUT2D eigenvalue weighted by Crippen LogP contribution is 2.14. The zero-order valence-electron chi connectivity index (χ0n) is 19.3. The molecule has 30 heavy (non-hydrogen) atoms. The maximum Gasteiger partial charge on any atom is 0.257 e. The molecular formula is C22H40IN5O2. The van der Waals surface area contributed by atoms with Gasteiger partial charge in [-0.15, -0.1) is 24.0 Å². The van der Waals surface area contributed by atoms with Crippen molar-refractivity contribution in [3.05, 3.63) is 29.8 Å². The number of benzene rings is 1. The van der Waals surface area contributed by atoms with Gasteiger partial charge in [0.2, 0.25) is 0 Å². The molecule has 0 heterocycles. The van der Waals surface area contributed by atoms with Gasteiger partial charge in [-0.25, -0.2) is 4.99 Å². The van der Waals surface area contributed by atoms with Gasteiger partial charge < -0.3 is 20.7 Å². The smallest absolute Gasteiger partial charge is 0.257 e. The van der Waals surface area contributed by atoms with Crippen LogP contribution in [-0.2, 0) is 11.3 Å². The molecule has 172 valence electrons. The first-order valence-electron chi connectivity index (χ1n) is 10.6.